The molecule has 1 aromatic carbocycles. The summed E-state index contributed by atoms with van der Waals surface area (Å²) in [5.74, 6) is -0.880. The average molecular weight is 314 g/mol. The van der Waals surface area contributed by atoms with E-state index in [0.29, 0.717) is 11.3 Å². The highest BCUT2D eigenvalue weighted by Crippen LogP contribution is 2.27. The van der Waals surface area contributed by atoms with Crippen molar-refractivity contribution in [1.29, 1.82) is 5.26 Å². The lowest BCUT2D eigenvalue weighted by molar-refractivity contribution is -0.136. The van der Waals surface area contributed by atoms with Gasteiger partial charge in [0.2, 0.25) is 5.91 Å². The summed E-state index contributed by atoms with van der Waals surface area (Å²) in [5, 5.41) is 11.4. The van der Waals surface area contributed by atoms with Crippen molar-refractivity contribution in [1.82, 2.24) is 9.80 Å². The van der Waals surface area contributed by atoms with Crippen LogP contribution in [0.25, 0.3) is 0 Å². The van der Waals surface area contributed by atoms with E-state index in [1.165, 1.54) is 18.9 Å². The molecule has 1 aliphatic heterocycles. The van der Waals surface area contributed by atoms with Gasteiger partial charge in [0.25, 0.3) is 5.91 Å². The molecular weight excluding hydrogens is 296 g/mol. The predicted octanol–water partition coefficient (Wildman–Crippen LogP) is 1.56. The Balaban J connectivity index is 2.15. The maximum atomic E-state index is 12.4. The number of nitrogens with zero attached hydrogens (tertiary/aromatic N) is 3. The van der Waals surface area contributed by atoms with Gasteiger partial charge in [-0.15, -0.1) is 0 Å². The van der Waals surface area contributed by atoms with Crippen molar-refractivity contribution in [3.8, 4) is 6.07 Å². The number of carbonyl (C=O) groups is 3. The molecule has 1 unspecified atom stereocenters. The molecular formula is C16H18N4O3. The number of imide groups is 1. The minimum atomic E-state index is -0.972. The molecule has 0 bridgehead atoms. The van der Waals surface area contributed by atoms with E-state index in [4.69, 9.17) is 5.26 Å². The number of urea groups is 1. The van der Waals surface area contributed by atoms with Crippen LogP contribution in [-0.2, 0) is 9.59 Å². The smallest absolute Gasteiger partial charge is 0.324 e. The Kier molecular flexibility index (Phi) is 4.10. The molecule has 120 valence electrons. The Morgan fingerprint density at radius 2 is 1.83 bits per heavy atom. The summed E-state index contributed by atoms with van der Waals surface area (Å²) in [6, 6.07) is 6.88. The Labute approximate surface area is 134 Å². The molecule has 0 radical (unpaired) electrons. The van der Waals surface area contributed by atoms with Crippen LogP contribution in [0, 0.1) is 11.3 Å². The minimum absolute atomic E-state index is 0.410. The number of anilines is 1. The quantitative estimate of drug-likeness (QED) is 0.857. The van der Waals surface area contributed by atoms with E-state index in [1.807, 2.05) is 6.07 Å². The highest BCUT2D eigenvalue weighted by molar-refractivity contribution is 6.10. The van der Waals surface area contributed by atoms with Crippen LogP contribution in [0.4, 0.5) is 10.5 Å². The van der Waals surface area contributed by atoms with Gasteiger partial charge in [-0.3, -0.25) is 9.59 Å². The van der Waals surface area contributed by atoms with Crippen LogP contribution in [0.3, 0.4) is 0 Å². The first-order chi connectivity index (χ1) is 10.7. The summed E-state index contributed by atoms with van der Waals surface area (Å²) in [6.07, 6.45) is 0. The average Bonchev–Trinajstić information content (AvgIpc) is 2.68. The van der Waals surface area contributed by atoms with Gasteiger partial charge in [0, 0.05) is 12.7 Å². The van der Waals surface area contributed by atoms with Crippen LogP contribution >= 0.6 is 0 Å². The molecule has 0 saturated carbocycles. The van der Waals surface area contributed by atoms with Crippen LogP contribution in [-0.4, -0.2) is 46.3 Å². The van der Waals surface area contributed by atoms with Gasteiger partial charge >= 0.3 is 6.03 Å². The summed E-state index contributed by atoms with van der Waals surface area (Å²) >= 11 is 0. The Hall–Kier alpha value is -2.88. The molecule has 0 aliphatic carbocycles. The first-order valence-corrected chi connectivity index (χ1v) is 7.12. The molecule has 1 heterocycles. The Morgan fingerprint density at radius 3 is 2.26 bits per heavy atom. The number of nitrogens with one attached hydrogen (secondary N) is 1. The molecule has 1 atom stereocenters. The largest absolute Gasteiger partial charge is 0.328 e. The highest BCUT2D eigenvalue weighted by Gasteiger charge is 2.52. The lowest BCUT2D eigenvalue weighted by atomic mass is 10.0. The molecule has 23 heavy (non-hydrogen) atoms. The lowest BCUT2D eigenvalue weighted by Gasteiger charge is -2.22. The fourth-order valence-electron chi connectivity index (χ4n) is 2.26. The number of hydrogen-bond donors (Lipinski definition) is 1. The van der Waals surface area contributed by atoms with E-state index in [2.05, 4.69) is 5.32 Å². The van der Waals surface area contributed by atoms with Crippen LogP contribution in [0.1, 0.15) is 26.3 Å². The molecule has 0 spiro atoms. The summed E-state index contributed by atoms with van der Waals surface area (Å²) in [4.78, 5) is 39.2. The fraction of sp³-hybridized carbons (Fsp3) is 0.375. The highest BCUT2D eigenvalue weighted by atomic mass is 16.2. The number of benzene rings is 1. The molecule has 1 saturated heterocycles. The van der Waals surface area contributed by atoms with Gasteiger partial charge in [-0.25, -0.2) is 9.69 Å². The normalized spacial score (nSPS) is 17.9. The van der Waals surface area contributed by atoms with Gasteiger partial charge in [0.05, 0.1) is 11.6 Å². The summed E-state index contributed by atoms with van der Waals surface area (Å²) in [5.41, 5.74) is -0.00282. The summed E-state index contributed by atoms with van der Waals surface area (Å²) < 4.78 is 0. The zero-order valence-electron chi connectivity index (χ0n) is 13.5. The monoisotopic (exact) mass is 314 g/mol. The fourth-order valence-corrected chi connectivity index (χ4v) is 2.26. The van der Waals surface area contributed by atoms with Crippen LogP contribution in [0.2, 0.25) is 0 Å². The van der Waals surface area contributed by atoms with E-state index >= 15 is 0 Å². The van der Waals surface area contributed by atoms with Crippen molar-refractivity contribution < 1.29 is 14.4 Å². The second-order valence-electron chi connectivity index (χ2n) is 5.93. The van der Waals surface area contributed by atoms with Crippen LogP contribution in [0.5, 0.6) is 0 Å². The van der Waals surface area contributed by atoms with E-state index in [9.17, 15) is 14.4 Å². The van der Waals surface area contributed by atoms with Gasteiger partial charge in [-0.2, -0.15) is 5.26 Å². The van der Waals surface area contributed by atoms with Gasteiger partial charge in [0.1, 0.15) is 11.6 Å². The number of nitriles is 1. The second-order valence-corrected chi connectivity index (χ2v) is 5.93. The Bertz CT molecular complexity index is 703. The maximum absolute atomic E-state index is 12.4. The number of rotatable bonds is 3. The van der Waals surface area contributed by atoms with Crippen LogP contribution < -0.4 is 5.32 Å². The van der Waals surface area contributed by atoms with E-state index in [-0.39, 0.29) is 0 Å². The van der Waals surface area contributed by atoms with Crippen molar-refractivity contribution in [2.75, 3.05) is 12.4 Å². The van der Waals surface area contributed by atoms with Crippen molar-refractivity contribution in [3.05, 3.63) is 29.8 Å². The second kappa shape index (κ2) is 5.72. The zero-order chi connectivity index (χ0) is 17.4. The number of likely N-dealkylation sites (N-methyl/N-ethyl adjacent to an activating group) is 1. The molecule has 0 aromatic heterocycles. The Morgan fingerprint density at radius 1 is 1.26 bits per heavy atom. The van der Waals surface area contributed by atoms with Gasteiger partial charge in [-0.1, -0.05) is 0 Å². The zero-order valence-corrected chi connectivity index (χ0v) is 13.5. The lowest BCUT2D eigenvalue weighted by Crippen LogP contribution is -2.47. The molecule has 7 nitrogen and oxygen atoms in total. The topological polar surface area (TPSA) is 93.5 Å². The summed E-state index contributed by atoms with van der Waals surface area (Å²) in [7, 11) is 1.53. The number of hydrogen-bond acceptors (Lipinski definition) is 4. The van der Waals surface area contributed by atoms with E-state index < -0.39 is 29.4 Å². The first kappa shape index (κ1) is 16.5. The molecule has 2 rings (SSSR count). The van der Waals surface area contributed by atoms with Crippen molar-refractivity contribution >= 4 is 23.5 Å². The van der Waals surface area contributed by atoms with E-state index in [0.717, 1.165) is 4.90 Å². The predicted molar refractivity (Wildman–Crippen MR) is 83.3 cm³/mol. The first-order valence-electron chi connectivity index (χ1n) is 7.12. The van der Waals surface area contributed by atoms with Crippen molar-refractivity contribution in [3.63, 3.8) is 0 Å². The van der Waals surface area contributed by atoms with Gasteiger partial charge in [0.15, 0.2) is 0 Å². The molecule has 7 heteroatoms. The third-order valence-corrected chi connectivity index (χ3v) is 4.12. The number of carbonyl (C=O) groups excluding carboxylic acids is 3. The molecule has 1 aliphatic rings. The third kappa shape index (κ3) is 2.75. The number of amides is 4. The summed E-state index contributed by atoms with van der Waals surface area (Å²) in [6.45, 7) is 4.78. The van der Waals surface area contributed by atoms with Crippen molar-refractivity contribution in [2.45, 2.75) is 32.4 Å². The molecule has 1 aromatic rings. The molecule has 1 fully saturated rings. The van der Waals surface area contributed by atoms with Crippen molar-refractivity contribution in [2.24, 2.45) is 0 Å². The van der Waals surface area contributed by atoms with Gasteiger partial charge in [-0.05, 0) is 45.0 Å². The third-order valence-electron chi connectivity index (χ3n) is 4.12. The van der Waals surface area contributed by atoms with Crippen LogP contribution in [0.15, 0.2) is 24.3 Å². The molecule has 4 amide bonds. The van der Waals surface area contributed by atoms with Gasteiger partial charge < -0.3 is 10.2 Å². The standard InChI is InChI=1S/C16H18N4O3/c1-10(20-14(22)16(2,3)19(4)15(20)23)13(21)18-12-7-5-11(9-17)6-8-12/h5-8,10H,1-4H3,(H,18,21). The molecule has 1 N–H and O–H groups in total. The maximum Gasteiger partial charge on any atom is 0.328 e. The minimum Gasteiger partial charge on any atom is -0.324 e. The SMILES string of the molecule is CC(C(=O)Nc1ccc(C#N)cc1)N1C(=O)N(C)C(C)(C)C1=O. The van der Waals surface area contributed by atoms with E-state index in [1.54, 1.807) is 38.1 Å².